The number of anilines is 1. The average molecular weight is 483 g/mol. The largest absolute Gasteiger partial charge is 0.378 e. The summed E-state index contributed by atoms with van der Waals surface area (Å²) in [6, 6.07) is 5.64. The summed E-state index contributed by atoms with van der Waals surface area (Å²) in [5.41, 5.74) is 1.77. The van der Waals surface area contributed by atoms with Crippen LogP contribution < -0.4 is 5.32 Å². The first-order valence-electron chi connectivity index (χ1n) is 6.31. The van der Waals surface area contributed by atoms with E-state index in [1.165, 1.54) is 0 Å². The maximum absolute atomic E-state index is 6.03. The minimum atomic E-state index is 0.445. The molecule has 0 aliphatic rings. The van der Waals surface area contributed by atoms with Crippen molar-refractivity contribution < 1.29 is 4.74 Å². The third-order valence-corrected chi connectivity index (χ3v) is 5.07. The van der Waals surface area contributed by atoms with E-state index in [0.717, 1.165) is 31.7 Å². The van der Waals surface area contributed by atoms with Crippen LogP contribution in [0.5, 0.6) is 0 Å². The van der Waals surface area contributed by atoms with Crippen LogP contribution in [0.1, 0.15) is 12.6 Å². The van der Waals surface area contributed by atoms with Gasteiger partial charge in [0.05, 0.1) is 20.9 Å². The maximum Gasteiger partial charge on any atom is 0.161 e. The molecule has 7 heteroatoms. The Kier molecular flexibility index (Phi) is 6.21. The van der Waals surface area contributed by atoms with Gasteiger partial charge in [-0.2, -0.15) is 0 Å². The van der Waals surface area contributed by atoms with E-state index in [2.05, 4.69) is 53.8 Å². The van der Waals surface area contributed by atoms with Crippen molar-refractivity contribution in [1.82, 2.24) is 9.97 Å². The molecule has 0 amide bonds. The molecule has 0 spiro atoms. The SMILES string of the molecule is CCNc1nc(-c2ccc(Cl)c(Br)c2)nc(COC)c1I. The van der Waals surface area contributed by atoms with Gasteiger partial charge in [-0.1, -0.05) is 11.6 Å². The number of hydrogen-bond acceptors (Lipinski definition) is 4. The molecule has 2 rings (SSSR count). The Hall–Kier alpha value is -0.440. The standard InChI is InChI=1S/C14H14BrClIN3O/c1-3-18-14-12(17)11(7-21-2)19-13(20-14)8-4-5-10(16)9(15)6-8/h4-6H,3,7H2,1-2H3,(H,18,19,20). The first-order valence-corrected chi connectivity index (χ1v) is 8.56. The van der Waals surface area contributed by atoms with E-state index >= 15 is 0 Å². The zero-order valence-corrected chi connectivity index (χ0v) is 16.1. The Morgan fingerprint density at radius 2 is 2.14 bits per heavy atom. The molecule has 0 saturated carbocycles. The van der Waals surface area contributed by atoms with E-state index in [4.69, 9.17) is 16.3 Å². The Bertz CT molecular complexity index is 627. The summed E-state index contributed by atoms with van der Waals surface area (Å²) in [7, 11) is 1.66. The van der Waals surface area contributed by atoms with Gasteiger partial charge in [0.1, 0.15) is 5.82 Å². The third kappa shape index (κ3) is 4.06. The lowest BCUT2D eigenvalue weighted by atomic mass is 10.2. The number of rotatable bonds is 5. The quantitative estimate of drug-likeness (QED) is 0.626. The van der Waals surface area contributed by atoms with Gasteiger partial charge in [-0.25, -0.2) is 9.97 Å². The molecule has 2 aromatic rings. The number of benzene rings is 1. The van der Waals surface area contributed by atoms with Crippen molar-refractivity contribution >= 4 is 55.9 Å². The molecule has 1 aromatic heterocycles. The zero-order valence-electron chi connectivity index (χ0n) is 11.6. The molecule has 1 aromatic carbocycles. The van der Waals surface area contributed by atoms with Crippen LogP contribution in [0.15, 0.2) is 22.7 Å². The second-order valence-electron chi connectivity index (χ2n) is 4.25. The second kappa shape index (κ2) is 7.71. The number of hydrogen-bond donors (Lipinski definition) is 1. The van der Waals surface area contributed by atoms with Gasteiger partial charge in [0.2, 0.25) is 0 Å². The number of ether oxygens (including phenoxy) is 1. The molecule has 4 nitrogen and oxygen atoms in total. The number of nitrogens with one attached hydrogen (secondary N) is 1. The Balaban J connectivity index is 2.53. The summed E-state index contributed by atoms with van der Waals surface area (Å²) in [5.74, 6) is 1.47. The summed E-state index contributed by atoms with van der Waals surface area (Å²) in [4.78, 5) is 9.20. The molecule has 21 heavy (non-hydrogen) atoms. The molecule has 0 radical (unpaired) electrons. The highest BCUT2D eigenvalue weighted by molar-refractivity contribution is 14.1. The van der Waals surface area contributed by atoms with Gasteiger partial charge < -0.3 is 10.1 Å². The van der Waals surface area contributed by atoms with Crippen molar-refractivity contribution in [1.29, 1.82) is 0 Å². The summed E-state index contributed by atoms with van der Waals surface area (Å²) in [5, 5.41) is 3.92. The number of aromatic nitrogens is 2. The smallest absolute Gasteiger partial charge is 0.161 e. The molecular formula is C14H14BrClIN3O. The topological polar surface area (TPSA) is 47.0 Å². The van der Waals surface area contributed by atoms with Gasteiger partial charge in [-0.3, -0.25) is 0 Å². The van der Waals surface area contributed by atoms with Crippen LogP contribution in [-0.4, -0.2) is 23.6 Å². The van der Waals surface area contributed by atoms with Crippen molar-refractivity contribution in [3.8, 4) is 11.4 Å². The van der Waals surface area contributed by atoms with E-state index in [1.54, 1.807) is 7.11 Å². The van der Waals surface area contributed by atoms with E-state index in [-0.39, 0.29) is 0 Å². The minimum absolute atomic E-state index is 0.445. The first kappa shape index (κ1) is 16.9. The summed E-state index contributed by atoms with van der Waals surface area (Å²) >= 11 is 11.7. The predicted molar refractivity (Wildman–Crippen MR) is 97.8 cm³/mol. The molecule has 0 bridgehead atoms. The molecular weight excluding hydrogens is 468 g/mol. The van der Waals surface area contributed by atoms with Crippen molar-refractivity contribution in [2.45, 2.75) is 13.5 Å². The molecule has 0 unspecified atom stereocenters. The van der Waals surface area contributed by atoms with Gasteiger partial charge in [0, 0.05) is 23.7 Å². The molecule has 1 heterocycles. The number of nitrogens with zero attached hydrogens (tertiary/aromatic N) is 2. The average Bonchev–Trinajstić information content (AvgIpc) is 2.46. The second-order valence-corrected chi connectivity index (χ2v) is 6.59. The van der Waals surface area contributed by atoms with Crippen molar-refractivity contribution in [3.63, 3.8) is 0 Å². The van der Waals surface area contributed by atoms with E-state index in [1.807, 2.05) is 25.1 Å². The van der Waals surface area contributed by atoms with Gasteiger partial charge in [-0.05, 0) is 63.6 Å². The third-order valence-electron chi connectivity index (χ3n) is 2.72. The predicted octanol–water partition coefficient (Wildman–Crippen LogP) is 4.74. The van der Waals surface area contributed by atoms with E-state index in [9.17, 15) is 0 Å². The minimum Gasteiger partial charge on any atom is -0.378 e. The van der Waals surface area contributed by atoms with Gasteiger partial charge in [0.15, 0.2) is 5.82 Å². The van der Waals surface area contributed by atoms with Crippen LogP contribution in [0.4, 0.5) is 5.82 Å². The fraction of sp³-hybridized carbons (Fsp3) is 0.286. The molecule has 0 aliphatic heterocycles. The normalized spacial score (nSPS) is 10.7. The molecule has 0 fully saturated rings. The molecule has 0 aliphatic carbocycles. The fourth-order valence-electron chi connectivity index (χ4n) is 1.77. The van der Waals surface area contributed by atoms with Crippen molar-refractivity contribution in [3.05, 3.63) is 37.0 Å². The lowest BCUT2D eigenvalue weighted by Gasteiger charge is -2.12. The summed E-state index contributed by atoms with van der Waals surface area (Å²) < 4.78 is 7.02. The van der Waals surface area contributed by atoms with E-state index in [0.29, 0.717) is 17.5 Å². The van der Waals surface area contributed by atoms with Crippen molar-refractivity contribution in [2.75, 3.05) is 19.0 Å². The van der Waals surface area contributed by atoms with Gasteiger partial charge in [0.25, 0.3) is 0 Å². The Morgan fingerprint density at radius 3 is 2.76 bits per heavy atom. The highest BCUT2D eigenvalue weighted by atomic mass is 127. The number of halogens is 3. The van der Waals surface area contributed by atoms with Crippen LogP contribution in [0.3, 0.4) is 0 Å². The van der Waals surface area contributed by atoms with Gasteiger partial charge >= 0.3 is 0 Å². The zero-order chi connectivity index (χ0) is 15.4. The molecule has 1 N–H and O–H groups in total. The Labute approximate surface area is 150 Å². The molecule has 112 valence electrons. The molecule has 0 saturated heterocycles. The maximum atomic E-state index is 6.03. The Morgan fingerprint density at radius 1 is 1.38 bits per heavy atom. The molecule has 0 atom stereocenters. The monoisotopic (exact) mass is 481 g/mol. The highest BCUT2D eigenvalue weighted by Crippen LogP contribution is 2.29. The summed E-state index contributed by atoms with van der Waals surface area (Å²) in [6.07, 6.45) is 0. The van der Waals surface area contributed by atoms with E-state index < -0.39 is 0 Å². The van der Waals surface area contributed by atoms with Crippen LogP contribution in [0.2, 0.25) is 5.02 Å². The van der Waals surface area contributed by atoms with Crippen LogP contribution in [0.25, 0.3) is 11.4 Å². The fourth-order valence-corrected chi connectivity index (χ4v) is 2.86. The lowest BCUT2D eigenvalue weighted by molar-refractivity contribution is 0.181. The number of methoxy groups -OCH3 is 1. The summed E-state index contributed by atoms with van der Waals surface area (Å²) in [6.45, 7) is 3.27. The lowest BCUT2D eigenvalue weighted by Crippen LogP contribution is -2.08. The van der Waals surface area contributed by atoms with Crippen LogP contribution in [-0.2, 0) is 11.3 Å². The van der Waals surface area contributed by atoms with Gasteiger partial charge in [-0.15, -0.1) is 0 Å². The van der Waals surface area contributed by atoms with Crippen molar-refractivity contribution in [2.24, 2.45) is 0 Å². The highest BCUT2D eigenvalue weighted by Gasteiger charge is 2.13. The van der Waals surface area contributed by atoms with Crippen LogP contribution in [0, 0.1) is 3.57 Å². The first-order chi connectivity index (χ1) is 10.1. The van der Waals surface area contributed by atoms with Crippen LogP contribution >= 0.6 is 50.1 Å².